The van der Waals surface area contributed by atoms with Crippen molar-refractivity contribution in [2.45, 2.75) is 23.8 Å². The fraction of sp³-hybridized carbons (Fsp3) is 0.357. The van der Waals surface area contributed by atoms with E-state index in [1.54, 1.807) is 18.2 Å². The highest BCUT2D eigenvalue weighted by atomic mass is 32.2. The zero-order valence-corrected chi connectivity index (χ0v) is 12.0. The number of likely N-dealkylation sites (tertiary alicyclic amines) is 1. The molecule has 2 aliphatic rings. The molecule has 2 aliphatic heterocycles. The molecule has 7 heteroatoms. The Bertz CT molecular complexity index is 631. The molecule has 2 amide bonds. The molecule has 1 atom stereocenters. The van der Waals surface area contributed by atoms with Crippen molar-refractivity contribution < 1.29 is 19.5 Å². The summed E-state index contributed by atoms with van der Waals surface area (Å²) < 4.78 is 0. The van der Waals surface area contributed by atoms with Crippen molar-refractivity contribution >= 4 is 35.2 Å². The summed E-state index contributed by atoms with van der Waals surface area (Å²) in [5.74, 6) is -0.995. The minimum Gasteiger partial charge on any atom is -0.480 e. The highest BCUT2D eigenvalue weighted by molar-refractivity contribution is 8.00. The summed E-state index contributed by atoms with van der Waals surface area (Å²) in [7, 11) is 0. The SMILES string of the molecule is O=C1CSc2ccc(C(=O)N3CCC[C@@H]3C(=O)O)cc2N1. The van der Waals surface area contributed by atoms with E-state index < -0.39 is 12.0 Å². The molecule has 1 aromatic rings. The van der Waals surface area contributed by atoms with Gasteiger partial charge in [-0.2, -0.15) is 0 Å². The van der Waals surface area contributed by atoms with Crippen molar-refractivity contribution in [2.75, 3.05) is 17.6 Å². The first-order valence-corrected chi connectivity index (χ1v) is 7.65. The highest BCUT2D eigenvalue weighted by Gasteiger charge is 2.34. The van der Waals surface area contributed by atoms with E-state index in [1.807, 2.05) is 0 Å². The summed E-state index contributed by atoms with van der Waals surface area (Å²) in [6.07, 6.45) is 1.18. The average molecular weight is 306 g/mol. The molecule has 110 valence electrons. The topological polar surface area (TPSA) is 86.7 Å². The first-order chi connectivity index (χ1) is 10.1. The Hall–Kier alpha value is -2.02. The van der Waals surface area contributed by atoms with Crippen molar-refractivity contribution in [1.29, 1.82) is 0 Å². The Kier molecular flexibility index (Phi) is 3.59. The number of anilines is 1. The van der Waals surface area contributed by atoms with Gasteiger partial charge < -0.3 is 15.3 Å². The second kappa shape index (κ2) is 5.40. The molecule has 0 radical (unpaired) electrons. The summed E-state index contributed by atoms with van der Waals surface area (Å²) in [5, 5.41) is 11.9. The number of carboxylic acids is 1. The van der Waals surface area contributed by atoms with Gasteiger partial charge in [-0.1, -0.05) is 0 Å². The minimum atomic E-state index is -0.970. The van der Waals surface area contributed by atoms with Crippen molar-refractivity contribution in [3.05, 3.63) is 23.8 Å². The third kappa shape index (κ3) is 2.61. The fourth-order valence-corrected chi connectivity index (χ4v) is 3.44. The Morgan fingerprint density at radius 3 is 2.95 bits per heavy atom. The fourth-order valence-electron chi connectivity index (χ4n) is 2.65. The molecule has 1 fully saturated rings. The Balaban J connectivity index is 1.87. The predicted molar refractivity (Wildman–Crippen MR) is 77.5 cm³/mol. The number of hydrogen-bond donors (Lipinski definition) is 2. The maximum absolute atomic E-state index is 12.5. The lowest BCUT2D eigenvalue weighted by Gasteiger charge is -2.23. The predicted octanol–water partition coefficient (Wildman–Crippen LogP) is 1.42. The van der Waals surface area contributed by atoms with Gasteiger partial charge in [-0.3, -0.25) is 9.59 Å². The molecule has 3 rings (SSSR count). The molecule has 0 spiro atoms. The van der Waals surface area contributed by atoms with E-state index in [4.69, 9.17) is 5.11 Å². The van der Waals surface area contributed by atoms with Crippen LogP contribution in [0.5, 0.6) is 0 Å². The number of fused-ring (bicyclic) bond motifs is 1. The number of hydrogen-bond acceptors (Lipinski definition) is 4. The molecular formula is C14H14N2O4S. The summed E-state index contributed by atoms with van der Waals surface area (Å²) >= 11 is 1.42. The molecule has 1 saturated heterocycles. The van der Waals surface area contributed by atoms with Crippen LogP contribution in [0.4, 0.5) is 5.69 Å². The number of thioether (sulfide) groups is 1. The van der Waals surface area contributed by atoms with Gasteiger partial charge in [0.25, 0.3) is 5.91 Å². The Morgan fingerprint density at radius 1 is 1.38 bits per heavy atom. The molecule has 1 aromatic carbocycles. The molecular weight excluding hydrogens is 292 g/mol. The maximum Gasteiger partial charge on any atom is 0.326 e. The normalized spacial score (nSPS) is 20.9. The number of carboxylic acid groups (broad SMARTS) is 1. The van der Waals surface area contributed by atoms with E-state index in [-0.39, 0.29) is 11.8 Å². The van der Waals surface area contributed by atoms with Crippen LogP contribution in [0.1, 0.15) is 23.2 Å². The molecule has 2 N–H and O–H groups in total. The summed E-state index contributed by atoms with van der Waals surface area (Å²) in [5.41, 5.74) is 1.03. The van der Waals surface area contributed by atoms with Crippen LogP contribution in [0.2, 0.25) is 0 Å². The van der Waals surface area contributed by atoms with E-state index in [2.05, 4.69) is 5.32 Å². The number of carbonyl (C=O) groups is 3. The average Bonchev–Trinajstić information content (AvgIpc) is 2.95. The number of benzene rings is 1. The third-order valence-electron chi connectivity index (χ3n) is 3.66. The summed E-state index contributed by atoms with van der Waals surface area (Å²) in [4.78, 5) is 37.4. The maximum atomic E-state index is 12.5. The van der Waals surface area contributed by atoms with Gasteiger partial charge in [-0.25, -0.2) is 4.79 Å². The molecule has 2 heterocycles. The van der Waals surface area contributed by atoms with Crippen LogP contribution in [0.3, 0.4) is 0 Å². The van der Waals surface area contributed by atoms with Gasteiger partial charge >= 0.3 is 5.97 Å². The molecule has 21 heavy (non-hydrogen) atoms. The van der Waals surface area contributed by atoms with E-state index in [9.17, 15) is 14.4 Å². The number of nitrogens with zero attached hydrogens (tertiary/aromatic N) is 1. The van der Waals surface area contributed by atoms with E-state index in [0.717, 1.165) is 4.90 Å². The van der Waals surface area contributed by atoms with Crippen molar-refractivity contribution in [3.63, 3.8) is 0 Å². The van der Waals surface area contributed by atoms with E-state index >= 15 is 0 Å². The van der Waals surface area contributed by atoms with Crippen LogP contribution in [-0.4, -0.2) is 46.1 Å². The first-order valence-electron chi connectivity index (χ1n) is 6.67. The van der Waals surface area contributed by atoms with Crippen LogP contribution in [-0.2, 0) is 9.59 Å². The highest BCUT2D eigenvalue weighted by Crippen LogP contribution is 2.32. The molecule has 0 bridgehead atoms. The van der Waals surface area contributed by atoms with Gasteiger partial charge in [-0.15, -0.1) is 11.8 Å². The standard InChI is InChI=1S/C14H14N2O4S/c17-12-7-21-11-4-3-8(6-9(11)15-12)13(18)16-5-1-2-10(16)14(19)20/h3-4,6,10H,1-2,5,7H2,(H,15,17)(H,19,20)/t10-/m1/s1. The zero-order chi connectivity index (χ0) is 15.0. The zero-order valence-electron chi connectivity index (χ0n) is 11.2. The summed E-state index contributed by atoms with van der Waals surface area (Å²) in [6.45, 7) is 0.452. The first kappa shape index (κ1) is 13.9. The molecule has 6 nitrogen and oxygen atoms in total. The van der Waals surface area contributed by atoms with Crippen LogP contribution in [0.15, 0.2) is 23.1 Å². The number of rotatable bonds is 2. The molecule has 0 aromatic heterocycles. The largest absolute Gasteiger partial charge is 0.480 e. The number of nitrogens with one attached hydrogen (secondary N) is 1. The van der Waals surface area contributed by atoms with Crippen molar-refractivity contribution in [2.24, 2.45) is 0 Å². The molecule has 0 aliphatic carbocycles. The second-order valence-electron chi connectivity index (χ2n) is 5.04. The van der Waals surface area contributed by atoms with Crippen molar-refractivity contribution in [1.82, 2.24) is 4.90 Å². The molecule has 0 unspecified atom stereocenters. The number of aliphatic carboxylic acids is 1. The van der Waals surface area contributed by atoms with Crippen LogP contribution in [0, 0.1) is 0 Å². The summed E-state index contributed by atoms with van der Waals surface area (Å²) in [6, 6.07) is 4.35. The lowest BCUT2D eigenvalue weighted by molar-refractivity contribution is -0.141. The van der Waals surface area contributed by atoms with Crippen LogP contribution in [0.25, 0.3) is 0 Å². The van der Waals surface area contributed by atoms with Gasteiger partial charge in [-0.05, 0) is 31.0 Å². The second-order valence-corrected chi connectivity index (χ2v) is 6.06. The van der Waals surface area contributed by atoms with Gasteiger partial charge in [0.1, 0.15) is 6.04 Å². The Labute approximate surface area is 125 Å². The van der Waals surface area contributed by atoms with Gasteiger partial charge in [0.15, 0.2) is 0 Å². The molecule has 0 saturated carbocycles. The third-order valence-corrected chi connectivity index (χ3v) is 4.73. The number of carbonyl (C=O) groups excluding carboxylic acids is 2. The number of amides is 2. The van der Waals surface area contributed by atoms with Crippen molar-refractivity contribution in [3.8, 4) is 0 Å². The smallest absolute Gasteiger partial charge is 0.326 e. The lowest BCUT2D eigenvalue weighted by atomic mass is 10.1. The van der Waals surface area contributed by atoms with Gasteiger partial charge in [0.05, 0.1) is 11.4 Å². The monoisotopic (exact) mass is 306 g/mol. The van der Waals surface area contributed by atoms with E-state index in [1.165, 1.54) is 16.7 Å². The lowest BCUT2D eigenvalue weighted by Crippen LogP contribution is -2.40. The Morgan fingerprint density at radius 2 is 2.19 bits per heavy atom. The van der Waals surface area contributed by atoms with Crippen LogP contribution >= 0.6 is 11.8 Å². The quantitative estimate of drug-likeness (QED) is 0.863. The minimum absolute atomic E-state index is 0.0957. The van der Waals surface area contributed by atoms with Gasteiger partial charge in [0, 0.05) is 17.0 Å². The van der Waals surface area contributed by atoms with E-state index in [0.29, 0.717) is 36.4 Å². The van der Waals surface area contributed by atoms with Gasteiger partial charge in [0.2, 0.25) is 5.91 Å². The van der Waals surface area contributed by atoms with Crippen LogP contribution < -0.4 is 5.32 Å².